The van der Waals surface area contributed by atoms with E-state index in [0.29, 0.717) is 16.7 Å². The Hall–Kier alpha value is -4.04. The summed E-state index contributed by atoms with van der Waals surface area (Å²) in [7, 11) is 3.06. The number of fused-ring (bicyclic) bond motifs is 2. The van der Waals surface area contributed by atoms with Crippen LogP contribution in [0, 0.1) is 6.92 Å². The van der Waals surface area contributed by atoms with Gasteiger partial charge in [-0.05, 0) is 25.1 Å². The van der Waals surface area contributed by atoms with Crippen molar-refractivity contribution in [3.63, 3.8) is 0 Å². The predicted octanol–water partition coefficient (Wildman–Crippen LogP) is 4.46. The Labute approximate surface area is 195 Å². The fourth-order valence-corrected chi connectivity index (χ4v) is 4.70. The molecule has 0 radical (unpaired) electrons. The number of hydrogen-bond acceptors (Lipinski definition) is 6. The predicted molar refractivity (Wildman–Crippen MR) is 126 cm³/mol. The minimum atomic E-state index is -0.804. The van der Waals surface area contributed by atoms with Crippen LogP contribution < -0.4 is 4.74 Å². The molecule has 8 nitrogen and oxygen atoms in total. The molecule has 0 saturated carbocycles. The lowest BCUT2D eigenvalue weighted by Gasteiger charge is -2.26. The number of H-pyrrole nitrogens is 1. The van der Waals surface area contributed by atoms with Crippen LogP contribution in [0.25, 0.3) is 21.9 Å². The summed E-state index contributed by atoms with van der Waals surface area (Å²) in [5.41, 5.74) is 2.83. The molecule has 2 aromatic carbocycles. The summed E-state index contributed by atoms with van der Waals surface area (Å²) < 4.78 is 16.4. The summed E-state index contributed by atoms with van der Waals surface area (Å²) in [6, 6.07) is 13.8. The molecule has 3 heterocycles. The van der Waals surface area contributed by atoms with Crippen molar-refractivity contribution in [2.45, 2.75) is 13.0 Å². The van der Waals surface area contributed by atoms with Gasteiger partial charge in [0.15, 0.2) is 22.9 Å². The van der Waals surface area contributed by atoms with E-state index in [4.69, 9.17) is 13.9 Å². The topological polar surface area (TPSA) is 105 Å². The van der Waals surface area contributed by atoms with Crippen LogP contribution >= 0.6 is 0 Å². The molecule has 1 unspecified atom stereocenters. The van der Waals surface area contributed by atoms with Crippen molar-refractivity contribution in [3.8, 4) is 5.75 Å². The molecular weight excluding hydrogens is 436 g/mol. The van der Waals surface area contributed by atoms with Crippen LogP contribution in [-0.4, -0.2) is 54.1 Å². The molecule has 0 saturated heterocycles. The number of aromatic nitrogens is 1. The lowest BCUT2D eigenvalue weighted by molar-refractivity contribution is -0.130. The van der Waals surface area contributed by atoms with E-state index in [0.717, 1.165) is 22.2 Å². The van der Waals surface area contributed by atoms with E-state index >= 15 is 0 Å². The third-order valence-electron chi connectivity index (χ3n) is 6.25. The number of Topliss-reactive ketones (excluding diaryl/α,β-unsaturated/α-hetero) is 1. The SMILES string of the molecule is COCCN1C(=O)C(O)=C(C(=O)c2cc3cccc(OC)c3o2)C1c1c(C)[nH]c2ccccc12. The molecule has 174 valence electrons. The van der Waals surface area contributed by atoms with Gasteiger partial charge in [0.1, 0.15) is 0 Å². The molecule has 2 N–H and O–H groups in total. The highest BCUT2D eigenvalue weighted by molar-refractivity contribution is 6.16. The molecule has 0 aliphatic carbocycles. The van der Waals surface area contributed by atoms with E-state index in [1.807, 2.05) is 31.2 Å². The van der Waals surface area contributed by atoms with E-state index in [9.17, 15) is 14.7 Å². The maximum absolute atomic E-state index is 13.8. The number of amides is 1. The Morgan fingerprint density at radius 3 is 2.74 bits per heavy atom. The average molecular weight is 460 g/mol. The fourth-order valence-electron chi connectivity index (χ4n) is 4.70. The smallest absolute Gasteiger partial charge is 0.290 e. The van der Waals surface area contributed by atoms with Crippen LogP contribution in [0.2, 0.25) is 0 Å². The molecular formula is C26H24N2O6. The van der Waals surface area contributed by atoms with E-state index < -0.39 is 23.5 Å². The standard InChI is InChI=1S/C26H24N2O6/c1-14-20(16-8-4-5-9-17(16)27-14)22-21(24(30)26(31)28(22)11-12-32-2)23(29)19-13-15-7-6-10-18(33-3)25(15)34-19/h4-10,13,22,27,30H,11-12H2,1-3H3. The number of methoxy groups -OCH3 is 2. The molecule has 0 spiro atoms. The number of benzene rings is 2. The summed E-state index contributed by atoms with van der Waals surface area (Å²) in [6.45, 7) is 2.34. The Balaban J connectivity index is 1.68. The van der Waals surface area contributed by atoms with Crippen LogP contribution in [0.5, 0.6) is 5.75 Å². The van der Waals surface area contributed by atoms with Crippen molar-refractivity contribution in [2.24, 2.45) is 0 Å². The van der Waals surface area contributed by atoms with E-state index in [2.05, 4.69) is 4.98 Å². The van der Waals surface area contributed by atoms with Crippen molar-refractivity contribution >= 4 is 33.6 Å². The summed E-state index contributed by atoms with van der Waals surface area (Å²) in [4.78, 5) is 31.7. The number of aliphatic hydroxyl groups excluding tert-OH is 1. The number of aliphatic hydroxyl groups is 1. The van der Waals surface area contributed by atoms with Gasteiger partial charge in [-0.25, -0.2) is 0 Å². The van der Waals surface area contributed by atoms with E-state index in [-0.39, 0.29) is 24.5 Å². The first kappa shape index (κ1) is 21.8. The van der Waals surface area contributed by atoms with Crippen LogP contribution in [0.1, 0.15) is 27.9 Å². The van der Waals surface area contributed by atoms with Crippen LogP contribution in [0.15, 0.2) is 64.3 Å². The number of para-hydroxylation sites is 2. The molecule has 4 aromatic rings. The minimum absolute atomic E-state index is 0.0185. The molecule has 1 amide bonds. The number of rotatable bonds is 7. The minimum Gasteiger partial charge on any atom is -0.503 e. The van der Waals surface area contributed by atoms with Crippen molar-refractivity contribution in [3.05, 3.63) is 76.9 Å². The molecule has 1 atom stereocenters. The number of carbonyl (C=O) groups excluding carboxylic acids is 2. The van der Waals surface area contributed by atoms with Gasteiger partial charge in [0, 0.05) is 41.2 Å². The Morgan fingerprint density at radius 2 is 1.97 bits per heavy atom. The van der Waals surface area contributed by atoms with E-state index in [1.54, 1.807) is 24.3 Å². The number of aryl methyl sites for hydroxylation is 1. The maximum atomic E-state index is 13.8. The van der Waals surface area contributed by atoms with Gasteiger partial charge >= 0.3 is 0 Å². The monoisotopic (exact) mass is 460 g/mol. The average Bonchev–Trinajstić information content (AvgIpc) is 3.49. The number of hydrogen-bond donors (Lipinski definition) is 2. The summed E-state index contributed by atoms with van der Waals surface area (Å²) in [5, 5.41) is 12.5. The van der Waals surface area contributed by atoms with Gasteiger partial charge in [0.2, 0.25) is 5.78 Å². The van der Waals surface area contributed by atoms with Crippen molar-refractivity contribution in [1.29, 1.82) is 0 Å². The summed E-state index contributed by atoms with van der Waals surface area (Å²) in [5.74, 6) is -1.25. The number of ketones is 1. The molecule has 2 aromatic heterocycles. The van der Waals surface area contributed by atoms with Crippen LogP contribution in [0.3, 0.4) is 0 Å². The third kappa shape index (κ3) is 3.26. The quantitative estimate of drug-likeness (QED) is 0.395. The molecule has 5 rings (SSSR count). The molecule has 0 fully saturated rings. The number of aromatic amines is 1. The Kier molecular flexibility index (Phi) is 5.37. The van der Waals surface area contributed by atoms with Gasteiger partial charge in [0.05, 0.1) is 25.3 Å². The first-order valence-electron chi connectivity index (χ1n) is 10.9. The zero-order chi connectivity index (χ0) is 24.0. The Bertz CT molecular complexity index is 1460. The first-order valence-corrected chi connectivity index (χ1v) is 10.9. The number of ether oxygens (including phenoxy) is 2. The summed E-state index contributed by atoms with van der Waals surface area (Å²) >= 11 is 0. The zero-order valence-electron chi connectivity index (χ0n) is 19.0. The highest BCUT2D eigenvalue weighted by atomic mass is 16.5. The van der Waals surface area contributed by atoms with Gasteiger partial charge < -0.3 is 28.9 Å². The van der Waals surface area contributed by atoms with Gasteiger partial charge in [0.25, 0.3) is 5.91 Å². The number of nitrogens with one attached hydrogen (secondary N) is 1. The second kappa shape index (κ2) is 8.39. The highest BCUT2D eigenvalue weighted by Crippen LogP contribution is 2.43. The Morgan fingerprint density at radius 1 is 1.18 bits per heavy atom. The normalized spacial score (nSPS) is 16.3. The van der Waals surface area contributed by atoms with Gasteiger partial charge in [-0.2, -0.15) is 0 Å². The van der Waals surface area contributed by atoms with Crippen LogP contribution in [-0.2, 0) is 9.53 Å². The molecule has 8 heteroatoms. The van der Waals surface area contributed by atoms with Gasteiger partial charge in [-0.3, -0.25) is 9.59 Å². The number of nitrogens with zero attached hydrogens (tertiary/aromatic N) is 1. The second-order valence-corrected chi connectivity index (χ2v) is 8.18. The molecule has 0 bridgehead atoms. The third-order valence-corrected chi connectivity index (χ3v) is 6.25. The first-order chi connectivity index (χ1) is 16.5. The highest BCUT2D eigenvalue weighted by Gasteiger charge is 2.45. The molecule has 34 heavy (non-hydrogen) atoms. The largest absolute Gasteiger partial charge is 0.503 e. The maximum Gasteiger partial charge on any atom is 0.290 e. The molecule has 1 aliphatic heterocycles. The van der Waals surface area contributed by atoms with Gasteiger partial charge in [-0.15, -0.1) is 0 Å². The number of furan rings is 1. The zero-order valence-corrected chi connectivity index (χ0v) is 19.0. The second-order valence-electron chi connectivity index (χ2n) is 8.18. The van der Waals surface area contributed by atoms with Gasteiger partial charge in [-0.1, -0.05) is 30.3 Å². The fraction of sp³-hybridized carbons (Fsp3) is 0.231. The van der Waals surface area contributed by atoms with Crippen molar-refractivity contribution in [1.82, 2.24) is 9.88 Å². The molecule has 1 aliphatic rings. The van der Waals surface area contributed by atoms with Crippen molar-refractivity contribution in [2.75, 3.05) is 27.4 Å². The lowest BCUT2D eigenvalue weighted by Crippen LogP contribution is -2.34. The number of carbonyl (C=O) groups is 2. The van der Waals surface area contributed by atoms with E-state index in [1.165, 1.54) is 19.1 Å². The lowest BCUT2D eigenvalue weighted by atomic mass is 9.93. The summed E-state index contributed by atoms with van der Waals surface area (Å²) in [6.07, 6.45) is 0. The van der Waals surface area contributed by atoms with Crippen molar-refractivity contribution < 1.29 is 28.6 Å². The van der Waals surface area contributed by atoms with Crippen LogP contribution in [0.4, 0.5) is 0 Å².